The quantitative estimate of drug-likeness (QED) is 0.388. The normalized spacial score (nSPS) is 14.5. The largest absolute Gasteiger partial charge is 0.495 e. The van der Waals surface area contributed by atoms with Crippen molar-refractivity contribution in [2.45, 2.75) is 13.0 Å². The molecule has 33 heavy (non-hydrogen) atoms. The van der Waals surface area contributed by atoms with Crippen molar-refractivity contribution in [3.8, 4) is 28.5 Å². The maximum absolute atomic E-state index is 13.8. The molecule has 2 heterocycles. The molecule has 166 valence electrons. The lowest BCUT2D eigenvalue weighted by Gasteiger charge is -2.30. The summed E-state index contributed by atoms with van der Waals surface area (Å²) in [4.78, 5) is 20.2. The molecule has 1 aliphatic rings. The number of fused-ring (bicyclic) bond motifs is 1. The van der Waals surface area contributed by atoms with Crippen LogP contribution in [-0.2, 0) is 4.79 Å². The molecule has 1 aliphatic heterocycles. The summed E-state index contributed by atoms with van der Waals surface area (Å²) < 4.78 is 17.4. The molecule has 0 radical (unpaired) electrons. The van der Waals surface area contributed by atoms with E-state index in [4.69, 9.17) is 19.2 Å². The molecule has 4 aromatic rings. The van der Waals surface area contributed by atoms with Gasteiger partial charge in [-0.05, 0) is 31.2 Å². The molecular formula is C26H22N2O4S. The zero-order valence-electron chi connectivity index (χ0n) is 18.2. The summed E-state index contributed by atoms with van der Waals surface area (Å²) in [6.45, 7) is 2.15. The van der Waals surface area contributed by atoms with Crippen LogP contribution in [0.25, 0.3) is 11.3 Å². The highest BCUT2D eigenvalue weighted by atomic mass is 32.1. The van der Waals surface area contributed by atoms with Crippen LogP contribution in [0.3, 0.4) is 0 Å². The SMILES string of the molecule is COc1ccccc1N(C(=O)C1COc2ccccc2O1)c1nc(-c2ccc(C)cc2)cs1. The fourth-order valence-corrected chi connectivity index (χ4v) is 4.49. The number of methoxy groups -OCH3 is 1. The molecule has 0 fully saturated rings. The van der Waals surface area contributed by atoms with E-state index in [0.29, 0.717) is 28.1 Å². The molecule has 7 heteroatoms. The maximum atomic E-state index is 13.8. The number of aryl methyl sites for hydroxylation is 1. The van der Waals surface area contributed by atoms with Crippen LogP contribution in [0.4, 0.5) is 10.8 Å². The summed E-state index contributed by atoms with van der Waals surface area (Å²) in [5, 5.41) is 2.48. The summed E-state index contributed by atoms with van der Waals surface area (Å²) in [5.74, 6) is 1.46. The van der Waals surface area contributed by atoms with Crippen LogP contribution >= 0.6 is 11.3 Å². The number of aromatic nitrogens is 1. The third-order valence-electron chi connectivity index (χ3n) is 5.36. The first-order chi connectivity index (χ1) is 16.1. The number of thiazole rings is 1. The van der Waals surface area contributed by atoms with Gasteiger partial charge in [-0.3, -0.25) is 4.79 Å². The van der Waals surface area contributed by atoms with Gasteiger partial charge in [0.05, 0.1) is 18.5 Å². The zero-order valence-corrected chi connectivity index (χ0v) is 19.0. The second-order valence-electron chi connectivity index (χ2n) is 7.59. The van der Waals surface area contributed by atoms with Gasteiger partial charge >= 0.3 is 0 Å². The Morgan fingerprint density at radius 3 is 2.55 bits per heavy atom. The van der Waals surface area contributed by atoms with Gasteiger partial charge in [-0.15, -0.1) is 11.3 Å². The number of nitrogens with zero attached hydrogens (tertiary/aromatic N) is 2. The van der Waals surface area contributed by atoms with E-state index in [0.717, 1.165) is 11.3 Å². The highest BCUT2D eigenvalue weighted by molar-refractivity contribution is 7.14. The van der Waals surface area contributed by atoms with Gasteiger partial charge in [0.2, 0.25) is 6.10 Å². The lowest BCUT2D eigenvalue weighted by Crippen LogP contribution is -2.44. The Labute approximate surface area is 196 Å². The van der Waals surface area contributed by atoms with Crippen LogP contribution in [-0.4, -0.2) is 30.7 Å². The molecule has 0 spiro atoms. The number of ether oxygens (including phenoxy) is 3. The summed E-state index contributed by atoms with van der Waals surface area (Å²) in [6, 6.07) is 22.8. The van der Waals surface area contributed by atoms with Crippen LogP contribution in [0.2, 0.25) is 0 Å². The van der Waals surface area contributed by atoms with Gasteiger partial charge in [-0.2, -0.15) is 0 Å². The van der Waals surface area contributed by atoms with Crippen molar-refractivity contribution >= 4 is 28.1 Å². The standard InChI is InChI=1S/C26H22N2O4S/c1-17-11-13-18(14-12-17)19-16-33-26(27-19)28(20-7-3-4-8-21(20)30-2)25(29)24-15-31-22-9-5-6-10-23(22)32-24/h3-14,16,24H,15H2,1-2H3. The molecule has 5 rings (SSSR count). The first-order valence-electron chi connectivity index (χ1n) is 10.5. The molecular weight excluding hydrogens is 436 g/mol. The van der Waals surface area contributed by atoms with Gasteiger partial charge < -0.3 is 14.2 Å². The molecule has 1 amide bonds. The Bertz CT molecular complexity index is 1290. The Morgan fingerprint density at radius 1 is 1.03 bits per heavy atom. The third kappa shape index (κ3) is 4.15. The van der Waals surface area contributed by atoms with Crippen molar-refractivity contribution in [1.82, 2.24) is 4.98 Å². The summed E-state index contributed by atoms with van der Waals surface area (Å²) in [7, 11) is 1.58. The number of amides is 1. The Balaban J connectivity index is 1.53. The molecule has 0 aliphatic carbocycles. The number of hydrogen-bond donors (Lipinski definition) is 0. The van der Waals surface area contributed by atoms with Crippen molar-refractivity contribution in [3.05, 3.63) is 83.7 Å². The van der Waals surface area contributed by atoms with E-state index in [1.807, 2.05) is 79.0 Å². The van der Waals surface area contributed by atoms with E-state index in [2.05, 4.69) is 0 Å². The van der Waals surface area contributed by atoms with Crippen LogP contribution in [0.15, 0.2) is 78.2 Å². The Hall–Kier alpha value is -3.84. The van der Waals surface area contributed by atoms with E-state index in [-0.39, 0.29) is 12.5 Å². The average molecular weight is 459 g/mol. The number of carbonyl (C=O) groups excluding carboxylic acids is 1. The average Bonchev–Trinajstić information content (AvgIpc) is 3.34. The molecule has 3 aromatic carbocycles. The van der Waals surface area contributed by atoms with E-state index in [1.54, 1.807) is 18.1 Å². The van der Waals surface area contributed by atoms with Crippen molar-refractivity contribution in [2.24, 2.45) is 0 Å². The topological polar surface area (TPSA) is 60.9 Å². The van der Waals surface area contributed by atoms with Crippen molar-refractivity contribution < 1.29 is 19.0 Å². The van der Waals surface area contributed by atoms with Crippen LogP contribution < -0.4 is 19.1 Å². The van der Waals surface area contributed by atoms with Gasteiger partial charge in [0, 0.05) is 10.9 Å². The highest BCUT2D eigenvalue weighted by Crippen LogP contribution is 2.39. The maximum Gasteiger partial charge on any atom is 0.278 e. The predicted octanol–water partition coefficient (Wildman–Crippen LogP) is 5.63. The molecule has 1 unspecified atom stereocenters. The van der Waals surface area contributed by atoms with Crippen LogP contribution in [0.5, 0.6) is 17.2 Å². The van der Waals surface area contributed by atoms with Crippen molar-refractivity contribution in [3.63, 3.8) is 0 Å². The minimum Gasteiger partial charge on any atom is -0.495 e. The zero-order chi connectivity index (χ0) is 22.8. The van der Waals surface area contributed by atoms with Gasteiger partial charge in [0.15, 0.2) is 16.6 Å². The molecule has 0 saturated heterocycles. The minimum atomic E-state index is -0.823. The molecule has 0 saturated carbocycles. The lowest BCUT2D eigenvalue weighted by molar-refractivity contribution is -0.126. The number of carbonyl (C=O) groups is 1. The summed E-state index contributed by atoms with van der Waals surface area (Å²) >= 11 is 1.39. The van der Waals surface area contributed by atoms with E-state index < -0.39 is 6.10 Å². The third-order valence-corrected chi connectivity index (χ3v) is 6.19. The molecule has 1 atom stereocenters. The molecule has 6 nitrogen and oxygen atoms in total. The summed E-state index contributed by atoms with van der Waals surface area (Å²) in [5.41, 5.74) is 3.56. The Morgan fingerprint density at radius 2 is 1.76 bits per heavy atom. The first kappa shape index (κ1) is 21.0. The monoisotopic (exact) mass is 458 g/mol. The van der Waals surface area contributed by atoms with Crippen molar-refractivity contribution in [1.29, 1.82) is 0 Å². The number of para-hydroxylation sites is 4. The van der Waals surface area contributed by atoms with E-state index >= 15 is 0 Å². The van der Waals surface area contributed by atoms with Gasteiger partial charge in [-0.25, -0.2) is 9.88 Å². The van der Waals surface area contributed by atoms with Crippen molar-refractivity contribution in [2.75, 3.05) is 18.6 Å². The Kier molecular flexibility index (Phi) is 5.71. The van der Waals surface area contributed by atoms with E-state index in [1.165, 1.54) is 16.9 Å². The summed E-state index contributed by atoms with van der Waals surface area (Å²) in [6.07, 6.45) is -0.823. The van der Waals surface area contributed by atoms with Gasteiger partial charge in [0.1, 0.15) is 12.4 Å². The fourth-order valence-electron chi connectivity index (χ4n) is 3.64. The van der Waals surface area contributed by atoms with Gasteiger partial charge in [0.25, 0.3) is 5.91 Å². The second-order valence-corrected chi connectivity index (χ2v) is 8.43. The molecule has 1 aromatic heterocycles. The van der Waals surface area contributed by atoms with Crippen LogP contribution in [0, 0.1) is 6.92 Å². The van der Waals surface area contributed by atoms with Crippen LogP contribution in [0.1, 0.15) is 5.56 Å². The number of benzene rings is 3. The molecule has 0 bridgehead atoms. The first-order valence-corrected chi connectivity index (χ1v) is 11.4. The predicted molar refractivity (Wildman–Crippen MR) is 129 cm³/mol. The second kappa shape index (κ2) is 8.96. The smallest absolute Gasteiger partial charge is 0.278 e. The van der Waals surface area contributed by atoms with E-state index in [9.17, 15) is 4.79 Å². The number of anilines is 2. The minimum absolute atomic E-state index is 0.109. The molecule has 0 N–H and O–H groups in total. The van der Waals surface area contributed by atoms with Gasteiger partial charge in [-0.1, -0.05) is 54.1 Å². The number of hydrogen-bond acceptors (Lipinski definition) is 6. The highest BCUT2D eigenvalue weighted by Gasteiger charge is 2.35. The fraction of sp³-hybridized carbons (Fsp3) is 0.154. The lowest BCUT2D eigenvalue weighted by atomic mass is 10.1. The number of rotatable bonds is 5.